The summed E-state index contributed by atoms with van der Waals surface area (Å²) < 4.78 is 41.2. The van der Waals surface area contributed by atoms with Crippen molar-refractivity contribution in [1.29, 1.82) is 0 Å². The van der Waals surface area contributed by atoms with Crippen LogP contribution < -0.4 is 10.1 Å². The molecule has 1 aromatic rings. The van der Waals surface area contributed by atoms with Gasteiger partial charge in [0, 0.05) is 25.6 Å². The highest BCUT2D eigenvalue weighted by atomic mass is 19.4. The summed E-state index contributed by atoms with van der Waals surface area (Å²) in [6, 6.07) is 5.62. The summed E-state index contributed by atoms with van der Waals surface area (Å²) in [5.74, 6) is -0.596. The number of carbonyl (C=O) groups excluding carboxylic acids is 2. The molecule has 0 fully saturated rings. The van der Waals surface area contributed by atoms with E-state index in [-0.39, 0.29) is 30.3 Å². The highest BCUT2D eigenvalue weighted by molar-refractivity contribution is 5.84. The van der Waals surface area contributed by atoms with Gasteiger partial charge in [-0.3, -0.25) is 9.59 Å². The zero-order valence-electron chi connectivity index (χ0n) is 14.5. The van der Waals surface area contributed by atoms with Crippen LogP contribution in [-0.4, -0.2) is 36.7 Å². The predicted molar refractivity (Wildman–Crippen MR) is 86.7 cm³/mol. The fourth-order valence-electron chi connectivity index (χ4n) is 2.02. The molecule has 1 aromatic carbocycles. The molecule has 0 aliphatic rings. The van der Waals surface area contributed by atoms with Gasteiger partial charge in [0.1, 0.15) is 5.75 Å². The standard InChI is InChI=1S/C17H23F3N2O3/c1-12(2)8-9-15(23)21-10-16(24)22(3)11-13-6-4-5-7-14(13)25-17(18,19)20/h4-7,12H,8-11H2,1-3H3,(H,21,23). The molecule has 0 saturated carbocycles. The second-order valence-corrected chi connectivity index (χ2v) is 6.11. The molecular weight excluding hydrogens is 337 g/mol. The van der Waals surface area contributed by atoms with Crippen LogP contribution >= 0.6 is 0 Å². The number of rotatable bonds is 8. The Bertz CT molecular complexity index is 589. The Balaban J connectivity index is 2.57. The molecule has 140 valence electrons. The molecule has 1 N–H and O–H groups in total. The van der Waals surface area contributed by atoms with Gasteiger partial charge >= 0.3 is 6.36 Å². The lowest BCUT2D eigenvalue weighted by atomic mass is 10.1. The zero-order valence-corrected chi connectivity index (χ0v) is 14.5. The molecule has 0 unspecified atom stereocenters. The summed E-state index contributed by atoms with van der Waals surface area (Å²) in [6.07, 6.45) is -3.75. The molecule has 0 aliphatic heterocycles. The molecule has 2 amide bonds. The maximum absolute atomic E-state index is 12.4. The summed E-state index contributed by atoms with van der Waals surface area (Å²) in [7, 11) is 1.45. The second-order valence-electron chi connectivity index (χ2n) is 6.11. The fraction of sp³-hybridized carbons (Fsp3) is 0.529. The van der Waals surface area contributed by atoms with E-state index in [1.54, 1.807) is 6.07 Å². The molecule has 0 heterocycles. The Hall–Kier alpha value is -2.25. The Kier molecular flexibility index (Phi) is 7.73. The van der Waals surface area contributed by atoms with E-state index in [0.717, 1.165) is 6.42 Å². The van der Waals surface area contributed by atoms with Crippen LogP contribution in [-0.2, 0) is 16.1 Å². The fourth-order valence-corrected chi connectivity index (χ4v) is 2.02. The van der Waals surface area contributed by atoms with Gasteiger partial charge in [0.15, 0.2) is 0 Å². The van der Waals surface area contributed by atoms with Crippen LogP contribution in [0.25, 0.3) is 0 Å². The number of ether oxygens (including phenoxy) is 1. The monoisotopic (exact) mass is 360 g/mol. The number of nitrogens with one attached hydrogen (secondary N) is 1. The number of nitrogens with zero attached hydrogens (tertiary/aromatic N) is 1. The summed E-state index contributed by atoms with van der Waals surface area (Å²) in [4.78, 5) is 24.9. The molecule has 25 heavy (non-hydrogen) atoms. The second kappa shape index (κ2) is 9.29. The first-order valence-electron chi connectivity index (χ1n) is 7.93. The molecule has 5 nitrogen and oxygen atoms in total. The third-order valence-corrected chi connectivity index (χ3v) is 3.42. The smallest absolute Gasteiger partial charge is 0.405 e. The number of para-hydroxylation sites is 1. The van der Waals surface area contributed by atoms with Crippen LogP contribution in [0.4, 0.5) is 13.2 Å². The Labute approximate surface area is 145 Å². The molecule has 0 saturated heterocycles. The van der Waals surface area contributed by atoms with Crippen molar-refractivity contribution < 1.29 is 27.5 Å². The van der Waals surface area contributed by atoms with Gasteiger partial charge in [-0.25, -0.2) is 0 Å². The number of amides is 2. The first kappa shape index (κ1) is 20.8. The molecule has 8 heteroatoms. The van der Waals surface area contributed by atoms with E-state index in [4.69, 9.17) is 0 Å². The van der Waals surface area contributed by atoms with E-state index in [0.29, 0.717) is 12.3 Å². The average molecular weight is 360 g/mol. The minimum atomic E-state index is -4.80. The lowest BCUT2D eigenvalue weighted by molar-refractivity contribution is -0.275. The van der Waals surface area contributed by atoms with E-state index >= 15 is 0 Å². The quantitative estimate of drug-likeness (QED) is 0.775. The summed E-state index contributed by atoms with van der Waals surface area (Å²) in [6.45, 7) is 3.72. The minimum absolute atomic E-state index is 0.0625. The van der Waals surface area contributed by atoms with Gasteiger partial charge in [-0.15, -0.1) is 13.2 Å². The Morgan fingerprint density at radius 2 is 1.88 bits per heavy atom. The number of hydrogen-bond acceptors (Lipinski definition) is 3. The van der Waals surface area contributed by atoms with Gasteiger partial charge in [-0.1, -0.05) is 32.0 Å². The zero-order chi connectivity index (χ0) is 19.0. The average Bonchev–Trinajstić information content (AvgIpc) is 2.50. The van der Waals surface area contributed by atoms with Gasteiger partial charge in [0.05, 0.1) is 6.54 Å². The van der Waals surface area contributed by atoms with Gasteiger partial charge in [-0.2, -0.15) is 0 Å². The highest BCUT2D eigenvalue weighted by Gasteiger charge is 2.32. The number of carbonyl (C=O) groups is 2. The van der Waals surface area contributed by atoms with Crippen LogP contribution in [0.15, 0.2) is 24.3 Å². The van der Waals surface area contributed by atoms with Crippen LogP contribution in [0.2, 0.25) is 0 Å². The lowest BCUT2D eigenvalue weighted by Gasteiger charge is -2.20. The maximum atomic E-state index is 12.4. The topological polar surface area (TPSA) is 58.6 Å². The van der Waals surface area contributed by atoms with E-state index < -0.39 is 12.3 Å². The van der Waals surface area contributed by atoms with Crippen LogP contribution in [0, 0.1) is 5.92 Å². The number of alkyl halides is 3. The number of benzene rings is 1. The largest absolute Gasteiger partial charge is 0.573 e. The van der Waals surface area contributed by atoms with Crippen molar-refractivity contribution in [2.24, 2.45) is 5.92 Å². The van der Waals surface area contributed by atoms with Crippen molar-refractivity contribution in [2.45, 2.75) is 39.6 Å². The van der Waals surface area contributed by atoms with Crippen molar-refractivity contribution in [2.75, 3.05) is 13.6 Å². The molecule has 0 aromatic heterocycles. The maximum Gasteiger partial charge on any atom is 0.573 e. The normalized spacial score (nSPS) is 11.3. The van der Waals surface area contributed by atoms with Gasteiger partial charge < -0.3 is 15.0 Å². The van der Waals surface area contributed by atoms with Crippen LogP contribution in [0.5, 0.6) is 5.75 Å². The van der Waals surface area contributed by atoms with E-state index in [9.17, 15) is 22.8 Å². The van der Waals surface area contributed by atoms with E-state index in [1.165, 1.54) is 30.1 Å². The number of halogens is 3. The molecular formula is C17H23F3N2O3. The molecule has 0 bridgehead atoms. The number of hydrogen-bond donors (Lipinski definition) is 1. The van der Waals surface area contributed by atoms with Crippen molar-refractivity contribution >= 4 is 11.8 Å². The van der Waals surface area contributed by atoms with Crippen molar-refractivity contribution in [3.8, 4) is 5.75 Å². The van der Waals surface area contributed by atoms with Crippen LogP contribution in [0.1, 0.15) is 32.3 Å². The first-order valence-corrected chi connectivity index (χ1v) is 7.93. The van der Waals surface area contributed by atoms with Gasteiger partial charge in [-0.05, 0) is 18.4 Å². The van der Waals surface area contributed by atoms with E-state index in [2.05, 4.69) is 10.1 Å². The summed E-state index contributed by atoms with van der Waals surface area (Å²) in [5, 5.41) is 2.52. The highest BCUT2D eigenvalue weighted by Crippen LogP contribution is 2.26. The Morgan fingerprint density at radius 1 is 1.24 bits per heavy atom. The third-order valence-electron chi connectivity index (χ3n) is 3.42. The minimum Gasteiger partial charge on any atom is -0.405 e. The van der Waals surface area contributed by atoms with Crippen LogP contribution in [0.3, 0.4) is 0 Å². The summed E-state index contributed by atoms with van der Waals surface area (Å²) >= 11 is 0. The van der Waals surface area contributed by atoms with Gasteiger partial charge in [0.25, 0.3) is 0 Å². The first-order chi connectivity index (χ1) is 11.6. The predicted octanol–water partition coefficient (Wildman–Crippen LogP) is 3.10. The molecule has 1 rings (SSSR count). The molecule has 0 spiro atoms. The lowest BCUT2D eigenvalue weighted by Crippen LogP contribution is -2.38. The van der Waals surface area contributed by atoms with Crippen molar-refractivity contribution in [1.82, 2.24) is 10.2 Å². The summed E-state index contributed by atoms with van der Waals surface area (Å²) in [5.41, 5.74) is 0.224. The molecule has 0 aliphatic carbocycles. The van der Waals surface area contributed by atoms with Gasteiger partial charge in [0.2, 0.25) is 11.8 Å². The molecule has 0 radical (unpaired) electrons. The Morgan fingerprint density at radius 3 is 2.48 bits per heavy atom. The third kappa shape index (κ3) is 8.42. The van der Waals surface area contributed by atoms with Crippen molar-refractivity contribution in [3.63, 3.8) is 0 Å². The number of likely N-dealkylation sites (N-methyl/N-ethyl adjacent to an activating group) is 1. The van der Waals surface area contributed by atoms with E-state index in [1.807, 2.05) is 13.8 Å². The SMILES string of the molecule is CC(C)CCC(=O)NCC(=O)N(C)Cc1ccccc1OC(F)(F)F. The van der Waals surface area contributed by atoms with Crippen molar-refractivity contribution in [3.05, 3.63) is 29.8 Å². The molecule has 0 atom stereocenters.